The Labute approximate surface area is 134 Å². The van der Waals surface area contributed by atoms with Gasteiger partial charge in [-0.05, 0) is 30.7 Å². The lowest BCUT2D eigenvalue weighted by molar-refractivity contribution is -0.118. The Hall–Kier alpha value is -1.99. The van der Waals surface area contributed by atoms with Crippen molar-refractivity contribution in [2.45, 2.75) is 46.1 Å². The minimum Gasteiger partial charge on any atom is -0.497 e. The van der Waals surface area contributed by atoms with E-state index in [0.29, 0.717) is 6.54 Å². The van der Waals surface area contributed by atoms with Gasteiger partial charge in [0, 0.05) is 5.69 Å². The molecule has 1 rings (SSSR count). The number of amides is 1. The molecule has 0 fully saturated rings. The molecule has 4 heteroatoms. The maximum atomic E-state index is 12.2. The van der Waals surface area contributed by atoms with E-state index in [1.54, 1.807) is 7.11 Å². The van der Waals surface area contributed by atoms with Crippen LogP contribution in [0.5, 0.6) is 5.75 Å². The Bertz CT molecular complexity index is 449. The fourth-order valence-corrected chi connectivity index (χ4v) is 1.82. The van der Waals surface area contributed by atoms with Crippen LogP contribution in [0.2, 0.25) is 0 Å². The summed E-state index contributed by atoms with van der Waals surface area (Å²) < 4.78 is 5.08. The van der Waals surface area contributed by atoms with Crippen LogP contribution in [-0.2, 0) is 4.79 Å². The van der Waals surface area contributed by atoms with Crippen molar-refractivity contribution in [2.75, 3.05) is 19.0 Å². The Kier molecular flexibility index (Phi) is 11.6. The molecule has 0 aromatic heterocycles. The van der Waals surface area contributed by atoms with Gasteiger partial charge in [-0.25, -0.2) is 0 Å². The van der Waals surface area contributed by atoms with Gasteiger partial charge in [-0.1, -0.05) is 39.5 Å². The van der Waals surface area contributed by atoms with Crippen molar-refractivity contribution in [2.24, 2.45) is 0 Å². The zero-order valence-electron chi connectivity index (χ0n) is 14.1. The lowest BCUT2D eigenvalue weighted by Crippen LogP contribution is -2.40. The molecule has 0 aliphatic carbocycles. The molecule has 1 aromatic rings. The monoisotopic (exact) mass is 304 g/mol. The molecule has 0 bridgehead atoms. The number of ether oxygens (including phenoxy) is 1. The van der Waals surface area contributed by atoms with Crippen LogP contribution in [0.15, 0.2) is 24.3 Å². The number of unbranched alkanes of at least 4 members (excludes halogenated alkanes) is 1. The quantitative estimate of drug-likeness (QED) is 0.723. The second-order valence-corrected chi connectivity index (χ2v) is 4.50. The molecule has 1 aromatic carbocycles. The molecular weight excluding hydrogens is 276 g/mol. The van der Waals surface area contributed by atoms with Gasteiger partial charge in [0.25, 0.3) is 0 Å². The fourth-order valence-electron chi connectivity index (χ4n) is 1.82. The zero-order chi connectivity index (χ0) is 16.8. The fraction of sp³-hybridized carbons (Fsp3) is 0.500. The Balaban J connectivity index is 0.00000211. The van der Waals surface area contributed by atoms with E-state index in [9.17, 15) is 4.79 Å². The molecule has 0 heterocycles. The molecule has 122 valence electrons. The normalized spacial score (nSPS) is 10.7. The summed E-state index contributed by atoms with van der Waals surface area (Å²) in [5.41, 5.74) is 0.750. The maximum Gasteiger partial charge on any atom is 0.241 e. The number of rotatable bonds is 8. The average molecular weight is 304 g/mol. The summed E-state index contributed by atoms with van der Waals surface area (Å²) in [6.45, 7) is 6.49. The third kappa shape index (κ3) is 7.70. The highest BCUT2D eigenvalue weighted by Gasteiger charge is 2.16. The SMILES string of the molecule is C#CCNC(CCCC)C(=O)Nc1ccc(OC)cc1.CC. The number of carbonyl (C=O) groups excluding carboxylic acids is 1. The number of carbonyl (C=O) groups is 1. The first kappa shape index (κ1) is 20.0. The highest BCUT2D eigenvalue weighted by Crippen LogP contribution is 2.15. The molecule has 22 heavy (non-hydrogen) atoms. The summed E-state index contributed by atoms with van der Waals surface area (Å²) >= 11 is 0. The lowest BCUT2D eigenvalue weighted by Gasteiger charge is -2.17. The second-order valence-electron chi connectivity index (χ2n) is 4.50. The minimum atomic E-state index is -0.256. The van der Waals surface area contributed by atoms with Crippen LogP contribution in [0.4, 0.5) is 5.69 Å². The predicted molar refractivity (Wildman–Crippen MR) is 93.1 cm³/mol. The number of terminal acetylenes is 1. The van der Waals surface area contributed by atoms with Gasteiger partial charge in [-0.3, -0.25) is 10.1 Å². The van der Waals surface area contributed by atoms with Gasteiger partial charge in [0.1, 0.15) is 5.75 Å². The van der Waals surface area contributed by atoms with E-state index in [-0.39, 0.29) is 11.9 Å². The number of methoxy groups -OCH3 is 1. The molecule has 0 aliphatic heterocycles. The van der Waals surface area contributed by atoms with Crippen LogP contribution in [-0.4, -0.2) is 25.6 Å². The lowest BCUT2D eigenvalue weighted by atomic mass is 10.1. The van der Waals surface area contributed by atoms with E-state index in [0.717, 1.165) is 30.7 Å². The van der Waals surface area contributed by atoms with E-state index >= 15 is 0 Å². The molecule has 1 unspecified atom stereocenters. The van der Waals surface area contributed by atoms with Gasteiger partial charge >= 0.3 is 0 Å². The van der Waals surface area contributed by atoms with Crippen molar-refractivity contribution in [1.82, 2.24) is 5.32 Å². The Morgan fingerprint density at radius 3 is 2.45 bits per heavy atom. The number of anilines is 1. The van der Waals surface area contributed by atoms with Crippen LogP contribution < -0.4 is 15.4 Å². The minimum absolute atomic E-state index is 0.0566. The first-order valence-corrected chi connectivity index (χ1v) is 7.83. The van der Waals surface area contributed by atoms with E-state index in [1.807, 2.05) is 38.1 Å². The number of benzene rings is 1. The van der Waals surface area contributed by atoms with E-state index in [1.165, 1.54) is 0 Å². The first-order chi connectivity index (χ1) is 10.7. The van der Waals surface area contributed by atoms with Crippen LogP contribution in [0.1, 0.15) is 40.0 Å². The number of hydrogen-bond donors (Lipinski definition) is 2. The molecule has 1 atom stereocenters. The second kappa shape index (κ2) is 12.7. The van der Waals surface area contributed by atoms with Crippen LogP contribution in [0.25, 0.3) is 0 Å². The topological polar surface area (TPSA) is 50.4 Å². The highest BCUT2D eigenvalue weighted by atomic mass is 16.5. The van der Waals surface area contributed by atoms with Crippen molar-refractivity contribution in [3.8, 4) is 18.1 Å². The van der Waals surface area contributed by atoms with Gasteiger partial charge in [-0.15, -0.1) is 6.42 Å². The molecule has 2 N–H and O–H groups in total. The van der Waals surface area contributed by atoms with Crippen molar-refractivity contribution in [3.63, 3.8) is 0 Å². The first-order valence-electron chi connectivity index (χ1n) is 7.83. The summed E-state index contributed by atoms with van der Waals surface area (Å²) in [6, 6.07) is 6.99. The molecule has 1 amide bonds. The summed E-state index contributed by atoms with van der Waals surface area (Å²) in [5.74, 6) is 3.20. The molecule has 0 radical (unpaired) electrons. The molecule has 0 spiro atoms. The molecule has 0 saturated carbocycles. The van der Waals surface area contributed by atoms with Crippen molar-refractivity contribution < 1.29 is 9.53 Å². The van der Waals surface area contributed by atoms with Crippen molar-refractivity contribution >= 4 is 11.6 Å². The van der Waals surface area contributed by atoms with Gasteiger partial charge in [0.05, 0.1) is 19.7 Å². The number of nitrogens with one attached hydrogen (secondary N) is 2. The van der Waals surface area contributed by atoms with Crippen LogP contribution in [0, 0.1) is 12.3 Å². The standard InChI is InChI=1S/C16H22N2O2.C2H6/c1-4-6-7-15(17-12-5-2)16(19)18-13-8-10-14(20-3)11-9-13;1-2/h2,8-11,15,17H,4,6-7,12H2,1,3H3,(H,18,19);1-2H3. The Morgan fingerprint density at radius 2 is 1.95 bits per heavy atom. The average Bonchev–Trinajstić information content (AvgIpc) is 2.57. The smallest absolute Gasteiger partial charge is 0.241 e. The summed E-state index contributed by atoms with van der Waals surface area (Å²) in [6.07, 6.45) is 8.04. The van der Waals surface area contributed by atoms with Gasteiger partial charge in [0.2, 0.25) is 5.91 Å². The Morgan fingerprint density at radius 1 is 1.32 bits per heavy atom. The summed E-state index contributed by atoms with van der Waals surface area (Å²) in [7, 11) is 1.61. The predicted octanol–water partition coefficient (Wildman–Crippen LogP) is 3.44. The zero-order valence-corrected chi connectivity index (χ0v) is 14.1. The van der Waals surface area contributed by atoms with Gasteiger partial charge in [-0.2, -0.15) is 0 Å². The number of hydrogen-bond acceptors (Lipinski definition) is 3. The highest BCUT2D eigenvalue weighted by molar-refractivity contribution is 5.94. The molecular formula is C18H28N2O2. The van der Waals surface area contributed by atoms with E-state index < -0.39 is 0 Å². The third-order valence-electron chi connectivity index (χ3n) is 2.97. The largest absolute Gasteiger partial charge is 0.497 e. The van der Waals surface area contributed by atoms with Crippen LogP contribution >= 0.6 is 0 Å². The van der Waals surface area contributed by atoms with E-state index in [4.69, 9.17) is 11.2 Å². The van der Waals surface area contributed by atoms with E-state index in [2.05, 4.69) is 23.5 Å². The summed E-state index contributed by atoms with van der Waals surface area (Å²) in [4.78, 5) is 12.2. The molecule has 0 saturated heterocycles. The van der Waals surface area contributed by atoms with Gasteiger partial charge < -0.3 is 10.1 Å². The maximum absolute atomic E-state index is 12.2. The van der Waals surface area contributed by atoms with Crippen molar-refractivity contribution in [3.05, 3.63) is 24.3 Å². The molecule has 4 nitrogen and oxygen atoms in total. The van der Waals surface area contributed by atoms with Crippen LogP contribution in [0.3, 0.4) is 0 Å². The van der Waals surface area contributed by atoms with Crippen molar-refractivity contribution in [1.29, 1.82) is 0 Å². The summed E-state index contributed by atoms with van der Waals surface area (Å²) in [5, 5.41) is 5.96. The van der Waals surface area contributed by atoms with Gasteiger partial charge in [0.15, 0.2) is 0 Å². The third-order valence-corrected chi connectivity index (χ3v) is 2.97. The molecule has 0 aliphatic rings.